The molecule has 3 amide bonds. The van der Waals surface area contributed by atoms with Gasteiger partial charge in [-0.25, -0.2) is 8.78 Å². The van der Waals surface area contributed by atoms with Crippen LogP contribution in [0.3, 0.4) is 0 Å². The van der Waals surface area contributed by atoms with Crippen molar-refractivity contribution in [3.63, 3.8) is 0 Å². The second kappa shape index (κ2) is 9.82. The smallest absolute Gasteiger partial charge is 0.247 e. The van der Waals surface area contributed by atoms with Gasteiger partial charge in [0.15, 0.2) is 0 Å². The quantitative estimate of drug-likeness (QED) is 0.525. The molecule has 3 atom stereocenters. The largest absolute Gasteiger partial charge is 0.344 e. The van der Waals surface area contributed by atoms with Gasteiger partial charge in [0.2, 0.25) is 17.7 Å². The van der Waals surface area contributed by atoms with Gasteiger partial charge in [-0.15, -0.1) is 0 Å². The summed E-state index contributed by atoms with van der Waals surface area (Å²) in [6.07, 6.45) is -0.294. The average molecular weight is 463 g/mol. The first-order valence-electron chi connectivity index (χ1n) is 10.8. The van der Waals surface area contributed by atoms with E-state index in [0.717, 1.165) is 23.3 Å². The number of rotatable bonds is 6. The van der Waals surface area contributed by atoms with Crippen LogP contribution in [0.5, 0.6) is 0 Å². The van der Waals surface area contributed by atoms with E-state index in [2.05, 4.69) is 16.0 Å². The van der Waals surface area contributed by atoms with Crippen LogP contribution in [-0.4, -0.2) is 23.8 Å². The Balaban J connectivity index is 1.45. The number of hydrogen-bond donors (Lipinski definition) is 3. The van der Waals surface area contributed by atoms with E-state index in [9.17, 15) is 23.2 Å². The highest BCUT2D eigenvalue weighted by atomic mass is 19.1. The van der Waals surface area contributed by atoms with Crippen molar-refractivity contribution in [2.45, 2.75) is 31.5 Å². The van der Waals surface area contributed by atoms with E-state index < -0.39 is 35.5 Å². The fraction of sp³-hybridized carbons (Fsp3) is 0.192. The molecule has 3 aromatic rings. The number of carbonyl (C=O) groups is 3. The zero-order valence-corrected chi connectivity index (χ0v) is 18.3. The summed E-state index contributed by atoms with van der Waals surface area (Å²) < 4.78 is 26.7. The minimum absolute atomic E-state index is 0.148. The second-order valence-electron chi connectivity index (χ2n) is 8.17. The minimum Gasteiger partial charge on any atom is -0.344 e. The summed E-state index contributed by atoms with van der Waals surface area (Å²) in [6, 6.07) is 17.4. The molecule has 4 rings (SSSR count). The Hall–Kier alpha value is -4.07. The third-order valence-corrected chi connectivity index (χ3v) is 5.64. The van der Waals surface area contributed by atoms with Crippen molar-refractivity contribution in [3.8, 4) is 0 Å². The van der Waals surface area contributed by atoms with E-state index in [1.165, 1.54) is 6.92 Å². The van der Waals surface area contributed by atoms with Crippen molar-refractivity contribution in [2.75, 3.05) is 0 Å². The molecule has 1 aliphatic rings. The van der Waals surface area contributed by atoms with E-state index in [-0.39, 0.29) is 23.9 Å². The molecule has 6 nitrogen and oxygen atoms in total. The maximum absolute atomic E-state index is 13.3. The highest BCUT2D eigenvalue weighted by Crippen LogP contribution is 2.33. The standard InChI is InChI=1S/C26H23F2N3O3/c1-15(29-22(32)13-16-11-18(27)14-19(28)12-16)25(33)31-24-21-10-6-5-9-20(21)23(30-26(24)34)17-7-3-2-4-8-17/h2-12,14-15,23-24H,13H2,1H3,(H,29,32)(H,30,34)(H,31,33). The van der Waals surface area contributed by atoms with E-state index in [4.69, 9.17) is 0 Å². The maximum Gasteiger partial charge on any atom is 0.247 e. The summed E-state index contributed by atoms with van der Waals surface area (Å²) in [6.45, 7) is 1.47. The lowest BCUT2D eigenvalue weighted by Gasteiger charge is -2.33. The molecule has 174 valence electrons. The Labute approximate surface area is 195 Å². The highest BCUT2D eigenvalue weighted by Gasteiger charge is 2.35. The highest BCUT2D eigenvalue weighted by molar-refractivity contribution is 5.94. The van der Waals surface area contributed by atoms with Crippen LogP contribution >= 0.6 is 0 Å². The van der Waals surface area contributed by atoms with Crippen LogP contribution in [0.25, 0.3) is 0 Å². The summed E-state index contributed by atoms with van der Waals surface area (Å²) in [7, 11) is 0. The molecule has 1 aliphatic heterocycles. The zero-order valence-electron chi connectivity index (χ0n) is 18.3. The molecule has 0 aromatic heterocycles. The molecule has 0 aliphatic carbocycles. The van der Waals surface area contributed by atoms with Crippen LogP contribution in [0.4, 0.5) is 8.78 Å². The number of hydrogen-bond acceptors (Lipinski definition) is 3. The summed E-state index contributed by atoms with van der Waals surface area (Å²) >= 11 is 0. The monoisotopic (exact) mass is 463 g/mol. The van der Waals surface area contributed by atoms with Gasteiger partial charge >= 0.3 is 0 Å². The van der Waals surface area contributed by atoms with Crippen molar-refractivity contribution < 1.29 is 23.2 Å². The minimum atomic E-state index is -0.974. The SMILES string of the molecule is CC(NC(=O)Cc1cc(F)cc(F)c1)C(=O)NC1C(=O)NC(c2ccccc2)c2ccccc21. The second-order valence-corrected chi connectivity index (χ2v) is 8.17. The van der Waals surface area contributed by atoms with Crippen LogP contribution in [0.2, 0.25) is 0 Å². The van der Waals surface area contributed by atoms with E-state index >= 15 is 0 Å². The van der Waals surface area contributed by atoms with Gasteiger partial charge in [0, 0.05) is 6.07 Å². The molecule has 8 heteroatoms. The number of halogens is 2. The summed E-state index contributed by atoms with van der Waals surface area (Å²) in [4.78, 5) is 38.0. The van der Waals surface area contributed by atoms with Gasteiger partial charge in [-0.3, -0.25) is 14.4 Å². The predicted molar refractivity (Wildman–Crippen MR) is 121 cm³/mol. The summed E-state index contributed by atoms with van der Waals surface area (Å²) in [5, 5.41) is 8.16. The van der Waals surface area contributed by atoms with Crippen molar-refractivity contribution in [2.24, 2.45) is 0 Å². The maximum atomic E-state index is 13.3. The molecule has 0 saturated carbocycles. The van der Waals surface area contributed by atoms with E-state index in [1.54, 1.807) is 12.1 Å². The van der Waals surface area contributed by atoms with Gasteiger partial charge in [0.1, 0.15) is 23.7 Å². The first kappa shape index (κ1) is 23.1. The van der Waals surface area contributed by atoms with Gasteiger partial charge in [0.05, 0.1) is 12.5 Å². The first-order valence-corrected chi connectivity index (χ1v) is 10.8. The molecule has 0 spiro atoms. The lowest BCUT2D eigenvalue weighted by molar-refractivity contribution is -0.132. The number of benzene rings is 3. The molecule has 34 heavy (non-hydrogen) atoms. The van der Waals surface area contributed by atoms with Crippen LogP contribution in [0.15, 0.2) is 72.8 Å². The van der Waals surface area contributed by atoms with Gasteiger partial charge in [-0.05, 0) is 41.3 Å². The normalized spacial score (nSPS) is 17.8. The Kier molecular flexibility index (Phi) is 6.67. The van der Waals surface area contributed by atoms with Crippen LogP contribution in [-0.2, 0) is 20.8 Å². The van der Waals surface area contributed by atoms with Gasteiger partial charge in [0.25, 0.3) is 0 Å². The first-order chi connectivity index (χ1) is 16.3. The number of nitrogens with one attached hydrogen (secondary N) is 3. The molecule has 0 fully saturated rings. The molecule has 3 N–H and O–H groups in total. The Morgan fingerprint density at radius 2 is 1.56 bits per heavy atom. The average Bonchev–Trinajstić information content (AvgIpc) is 2.80. The lowest BCUT2D eigenvalue weighted by Crippen LogP contribution is -2.51. The van der Waals surface area contributed by atoms with E-state index in [0.29, 0.717) is 11.6 Å². The van der Waals surface area contributed by atoms with Gasteiger partial charge < -0.3 is 16.0 Å². The number of fused-ring (bicyclic) bond motifs is 1. The van der Waals surface area contributed by atoms with Crippen LogP contribution in [0.1, 0.15) is 41.3 Å². The Morgan fingerprint density at radius 3 is 2.24 bits per heavy atom. The lowest BCUT2D eigenvalue weighted by atomic mass is 9.87. The zero-order chi connectivity index (χ0) is 24.2. The molecule has 0 bridgehead atoms. The van der Waals surface area contributed by atoms with Gasteiger partial charge in [-0.2, -0.15) is 0 Å². The van der Waals surface area contributed by atoms with Crippen molar-refractivity contribution in [1.82, 2.24) is 16.0 Å². The van der Waals surface area contributed by atoms with Crippen molar-refractivity contribution in [1.29, 1.82) is 0 Å². The van der Waals surface area contributed by atoms with Crippen LogP contribution in [0, 0.1) is 11.6 Å². The number of amides is 3. The Bertz CT molecular complexity index is 1210. The predicted octanol–water partition coefficient (Wildman–Crippen LogP) is 3.09. The Morgan fingerprint density at radius 1 is 0.941 bits per heavy atom. The topological polar surface area (TPSA) is 87.3 Å². The van der Waals surface area contributed by atoms with Crippen LogP contribution < -0.4 is 16.0 Å². The van der Waals surface area contributed by atoms with Crippen molar-refractivity contribution >= 4 is 17.7 Å². The summed E-state index contributed by atoms with van der Waals surface area (Å²) in [5.74, 6) is -3.08. The molecular formula is C26H23F2N3O3. The third kappa shape index (κ3) is 5.11. The molecule has 0 radical (unpaired) electrons. The molecule has 0 saturated heterocycles. The summed E-state index contributed by atoms with van der Waals surface area (Å²) in [5.41, 5.74) is 2.60. The third-order valence-electron chi connectivity index (χ3n) is 5.64. The van der Waals surface area contributed by atoms with Gasteiger partial charge in [-0.1, -0.05) is 54.6 Å². The van der Waals surface area contributed by atoms with Crippen molar-refractivity contribution in [3.05, 3.63) is 107 Å². The van der Waals surface area contributed by atoms with E-state index in [1.807, 2.05) is 42.5 Å². The molecular weight excluding hydrogens is 440 g/mol. The fourth-order valence-electron chi connectivity index (χ4n) is 4.06. The molecule has 3 unspecified atom stereocenters. The molecule has 1 heterocycles. The number of carbonyl (C=O) groups excluding carboxylic acids is 3. The fourth-order valence-corrected chi connectivity index (χ4v) is 4.06. The molecule has 3 aromatic carbocycles.